The highest BCUT2D eigenvalue weighted by Gasteiger charge is 2.48. The molecule has 0 amide bonds. The third-order valence-corrected chi connectivity index (χ3v) is 4.31. The van der Waals surface area contributed by atoms with Gasteiger partial charge in [0.15, 0.2) is 5.79 Å². The quantitative estimate of drug-likeness (QED) is 0.580. The maximum atomic E-state index is 12.2. The highest BCUT2D eigenvalue weighted by Crippen LogP contribution is 2.46. The van der Waals surface area contributed by atoms with Gasteiger partial charge in [0.05, 0.1) is 32.8 Å². The van der Waals surface area contributed by atoms with Gasteiger partial charge in [0, 0.05) is 12.8 Å². The molecule has 2 rings (SSSR count). The Balaban J connectivity index is 2.25. The van der Waals surface area contributed by atoms with Gasteiger partial charge in [-0.1, -0.05) is 5.57 Å². The zero-order chi connectivity index (χ0) is 15.5. The van der Waals surface area contributed by atoms with E-state index in [0.717, 1.165) is 5.57 Å². The van der Waals surface area contributed by atoms with Crippen LogP contribution in [-0.4, -0.2) is 45.2 Å². The van der Waals surface area contributed by atoms with Crippen molar-refractivity contribution in [3.05, 3.63) is 11.6 Å². The number of hydrogen-bond donors (Lipinski definition) is 0. The van der Waals surface area contributed by atoms with Gasteiger partial charge in [-0.25, -0.2) is 0 Å². The molecule has 0 aromatic rings. The van der Waals surface area contributed by atoms with E-state index in [-0.39, 0.29) is 18.4 Å². The molecule has 0 radical (unpaired) electrons. The molecule has 0 saturated carbocycles. The van der Waals surface area contributed by atoms with Gasteiger partial charge in [-0.15, -0.1) is 0 Å². The average Bonchev–Trinajstić information content (AvgIpc) is 2.95. The van der Waals surface area contributed by atoms with Gasteiger partial charge < -0.3 is 18.9 Å². The van der Waals surface area contributed by atoms with E-state index in [1.165, 1.54) is 14.2 Å². The lowest BCUT2D eigenvalue weighted by atomic mass is 9.70. The van der Waals surface area contributed by atoms with Gasteiger partial charge >= 0.3 is 11.9 Å². The average molecular weight is 298 g/mol. The van der Waals surface area contributed by atoms with E-state index in [1.807, 2.05) is 13.0 Å². The van der Waals surface area contributed by atoms with Crippen LogP contribution in [-0.2, 0) is 28.5 Å². The molecule has 1 heterocycles. The van der Waals surface area contributed by atoms with Crippen LogP contribution in [0.2, 0.25) is 0 Å². The van der Waals surface area contributed by atoms with Crippen molar-refractivity contribution in [3.63, 3.8) is 0 Å². The predicted octanol–water partition coefficient (Wildman–Crippen LogP) is 1.58. The first-order valence-corrected chi connectivity index (χ1v) is 7.11. The largest absolute Gasteiger partial charge is 0.469 e. The fourth-order valence-corrected chi connectivity index (χ4v) is 2.93. The van der Waals surface area contributed by atoms with Crippen molar-refractivity contribution < 1.29 is 28.5 Å². The lowest BCUT2D eigenvalue weighted by molar-refractivity contribution is -0.158. The third kappa shape index (κ3) is 3.11. The lowest BCUT2D eigenvalue weighted by Gasteiger charge is -2.39. The van der Waals surface area contributed by atoms with E-state index in [2.05, 4.69) is 4.74 Å². The Kier molecular flexibility index (Phi) is 4.68. The minimum absolute atomic E-state index is 0.213. The molecule has 0 N–H and O–H groups in total. The molecule has 0 aromatic heterocycles. The monoisotopic (exact) mass is 298 g/mol. The van der Waals surface area contributed by atoms with E-state index in [9.17, 15) is 9.59 Å². The fraction of sp³-hybridized carbons (Fsp3) is 0.733. The molecule has 1 unspecified atom stereocenters. The topological polar surface area (TPSA) is 71.1 Å². The summed E-state index contributed by atoms with van der Waals surface area (Å²) >= 11 is 0. The highest BCUT2D eigenvalue weighted by atomic mass is 16.7. The molecule has 118 valence electrons. The normalized spacial score (nSPS) is 27.3. The molecule has 6 nitrogen and oxygen atoms in total. The molecule has 1 spiro atoms. The second-order valence-corrected chi connectivity index (χ2v) is 5.58. The number of carbonyl (C=O) groups excluding carboxylic acids is 2. The van der Waals surface area contributed by atoms with E-state index >= 15 is 0 Å². The highest BCUT2D eigenvalue weighted by molar-refractivity contribution is 5.81. The van der Waals surface area contributed by atoms with Crippen molar-refractivity contribution in [3.8, 4) is 0 Å². The van der Waals surface area contributed by atoms with Crippen molar-refractivity contribution in [1.82, 2.24) is 0 Å². The standard InChI is InChI=1S/C15H22O6/c1-14(13(17)19-3)6-7-15(20-8-9-21-15)10-11(14)4-5-12(16)18-2/h10H,4-9H2,1-3H3. The van der Waals surface area contributed by atoms with Crippen LogP contribution in [0.15, 0.2) is 11.6 Å². The van der Waals surface area contributed by atoms with Crippen LogP contribution >= 0.6 is 0 Å². The molecule has 2 aliphatic rings. The maximum Gasteiger partial charge on any atom is 0.315 e. The maximum absolute atomic E-state index is 12.2. The summed E-state index contributed by atoms with van der Waals surface area (Å²) in [6, 6.07) is 0. The first kappa shape index (κ1) is 16.0. The van der Waals surface area contributed by atoms with Gasteiger partial charge in [-0.2, -0.15) is 0 Å². The molecule has 1 fully saturated rings. The zero-order valence-corrected chi connectivity index (χ0v) is 12.8. The summed E-state index contributed by atoms with van der Waals surface area (Å²) in [7, 11) is 2.72. The molecule has 21 heavy (non-hydrogen) atoms. The zero-order valence-electron chi connectivity index (χ0n) is 12.8. The number of methoxy groups -OCH3 is 2. The summed E-state index contributed by atoms with van der Waals surface area (Å²) in [4.78, 5) is 23.5. The molecule has 0 aromatic carbocycles. The Morgan fingerprint density at radius 3 is 2.43 bits per heavy atom. The summed E-state index contributed by atoms with van der Waals surface area (Å²) in [6.45, 7) is 2.91. The molecule has 1 aliphatic carbocycles. The van der Waals surface area contributed by atoms with E-state index in [4.69, 9.17) is 14.2 Å². The number of carbonyl (C=O) groups is 2. The summed E-state index contributed by atoms with van der Waals surface area (Å²) in [6.07, 6.45) is 3.65. The van der Waals surface area contributed by atoms with E-state index in [0.29, 0.717) is 32.5 Å². The lowest BCUT2D eigenvalue weighted by Crippen LogP contribution is -2.41. The van der Waals surface area contributed by atoms with E-state index in [1.54, 1.807) is 0 Å². The fourth-order valence-electron chi connectivity index (χ4n) is 2.93. The van der Waals surface area contributed by atoms with Gasteiger partial charge in [0.2, 0.25) is 0 Å². The van der Waals surface area contributed by atoms with Crippen LogP contribution < -0.4 is 0 Å². The van der Waals surface area contributed by atoms with Gasteiger partial charge in [0.1, 0.15) is 0 Å². The van der Waals surface area contributed by atoms with Crippen LogP contribution in [0.4, 0.5) is 0 Å². The van der Waals surface area contributed by atoms with Crippen molar-refractivity contribution in [2.45, 2.75) is 38.4 Å². The Morgan fingerprint density at radius 2 is 1.86 bits per heavy atom. The van der Waals surface area contributed by atoms with Gasteiger partial charge in [0.25, 0.3) is 0 Å². The number of esters is 2. The molecular formula is C15H22O6. The second-order valence-electron chi connectivity index (χ2n) is 5.58. The van der Waals surface area contributed by atoms with Crippen LogP contribution in [0.5, 0.6) is 0 Å². The summed E-state index contributed by atoms with van der Waals surface area (Å²) in [5, 5.41) is 0. The van der Waals surface area contributed by atoms with Crippen LogP contribution in [0.3, 0.4) is 0 Å². The summed E-state index contributed by atoms with van der Waals surface area (Å²) in [5.41, 5.74) is 0.0662. The SMILES string of the molecule is COC(=O)CCC1=CC2(CCC1(C)C(=O)OC)OCCO2. The number of hydrogen-bond acceptors (Lipinski definition) is 6. The van der Waals surface area contributed by atoms with Crippen molar-refractivity contribution >= 4 is 11.9 Å². The number of rotatable bonds is 4. The van der Waals surface area contributed by atoms with Gasteiger partial charge in [-0.05, 0) is 25.8 Å². The molecule has 1 aliphatic heterocycles. The molecule has 6 heteroatoms. The van der Waals surface area contributed by atoms with Gasteiger partial charge in [-0.3, -0.25) is 9.59 Å². The first-order chi connectivity index (χ1) is 9.96. The molecule has 1 saturated heterocycles. The van der Waals surface area contributed by atoms with E-state index < -0.39 is 11.2 Å². The molecule has 1 atom stereocenters. The van der Waals surface area contributed by atoms with Crippen LogP contribution in [0.25, 0.3) is 0 Å². The van der Waals surface area contributed by atoms with Crippen molar-refractivity contribution in [2.75, 3.05) is 27.4 Å². The van der Waals surface area contributed by atoms with Crippen LogP contribution in [0, 0.1) is 5.41 Å². The predicted molar refractivity (Wildman–Crippen MR) is 73.3 cm³/mol. The number of ether oxygens (including phenoxy) is 4. The van der Waals surface area contributed by atoms with Crippen molar-refractivity contribution in [2.24, 2.45) is 5.41 Å². The molecular weight excluding hydrogens is 276 g/mol. The summed E-state index contributed by atoms with van der Waals surface area (Å²) in [5.74, 6) is -1.36. The Hall–Kier alpha value is -1.40. The Labute approximate surface area is 124 Å². The van der Waals surface area contributed by atoms with Crippen LogP contribution in [0.1, 0.15) is 32.6 Å². The minimum Gasteiger partial charge on any atom is -0.469 e. The molecule has 0 bridgehead atoms. The Bertz CT molecular complexity index is 449. The second kappa shape index (κ2) is 6.15. The minimum atomic E-state index is -0.751. The smallest absolute Gasteiger partial charge is 0.315 e. The summed E-state index contributed by atoms with van der Waals surface area (Å²) < 4.78 is 21.0. The third-order valence-electron chi connectivity index (χ3n) is 4.31. The Morgan fingerprint density at radius 1 is 1.19 bits per heavy atom. The first-order valence-electron chi connectivity index (χ1n) is 7.11. The van der Waals surface area contributed by atoms with Crippen molar-refractivity contribution in [1.29, 1.82) is 0 Å².